The number of nitrogens with zero attached hydrogens (tertiary/aromatic N) is 1. The number of benzene rings is 1. The minimum atomic E-state index is -0.196. The van der Waals surface area contributed by atoms with Crippen LogP contribution in [0.25, 0.3) is 0 Å². The fraction of sp³-hybridized carbons (Fsp3) is 0.500. The van der Waals surface area contributed by atoms with Crippen molar-refractivity contribution >= 4 is 17.2 Å². The van der Waals surface area contributed by atoms with Crippen LogP contribution in [0.2, 0.25) is 0 Å². The van der Waals surface area contributed by atoms with Crippen LogP contribution in [-0.4, -0.2) is 31.2 Å². The second-order valence-electron chi connectivity index (χ2n) is 6.80. The van der Waals surface area contributed by atoms with Gasteiger partial charge < -0.3 is 20.5 Å². The number of nitrogens with two attached hydrogens (primary N) is 1. The van der Waals surface area contributed by atoms with Gasteiger partial charge in [-0.05, 0) is 43.5 Å². The maximum absolute atomic E-state index is 12.4. The second-order valence-corrected chi connectivity index (χ2v) is 7.74. The summed E-state index contributed by atoms with van der Waals surface area (Å²) in [7, 11) is 1.62. The molecule has 1 unspecified atom stereocenters. The van der Waals surface area contributed by atoms with Crippen LogP contribution in [0.4, 0.5) is 0 Å². The molecule has 0 saturated carbocycles. The summed E-state index contributed by atoms with van der Waals surface area (Å²) >= 11 is 1.45. The molecule has 148 valence electrons. The minimum absolute atomic E-state index is 0.184. The molecule has 6 nitrogen and oxygen atoms in total. The van der Waals surface area contributed by atoms with Crippen LogP contribution in [0.1, 0.15) is 54.3 Å². The number of carbonyl (C=O) groups is 1. The first-order valence-corrected chi connectivity index (χ1v) is 10.1. The van der Waals surface area contributed by atoms with Gasteiger partial charge in [0.15, 0.2) is 11.5 Å². The molecule has 1 aromatic heterocycles. The van der Waals surface area contributed by atoms with Gasteiger partial charge in [0, 0.05) is 11.8 Å². The topological polar surface area (TPSA) is 86.5 Å². The second kappa shape index (κ2) is 10.3. The SMILES string of the molecule is COc1cc(C(C)NC(=O)c2csc(CCN)n2)ccc1OCCC(C)C. The van der Waals surface area contributed by atoms with Gasteiger partial charge in [-0.25, -0.2) is 4.98 Å². The van der Waals surface area contributed by atoms with Crippen molar-refractivity contribution in [3.8, 4) is 11.5 Å². The van der Waals surface area contributed by atoms with Gasteiger partial charge in [0.1, 0.15) is 5.69 Å². The lowest BCUT2D eigenvalue weighted by Gasteiger charge is -2.17. The third-order valence-corrected chi connectivity index (χ3v) is 5.04. The minimum Gasteiger partial charge on any atom is -0.493 e. The highest BCUT2D eigenvalue weighted by atomic mass is 32.1. The summed E-state index contributed by atoms with van der Waals surface area (Å²) in [6, 6.07) is 5.55. The zero-order valence-corrected chi connectivity index (χ0v) is 17.3. The van der Waals surface area contributed by atoms with Crippen LogP contribution in [0.3, 0.4) is 0 Å². The summed E-state index contributed by atoms with van der Waals surface area (Å²) in [5, 5.41) is 5.61. The molecule has 0 aliphatic carbocycles. The van der Waals surface area contributed by atoms with Gasteiger partial charge in [-0.3, -0.25) is 4.79 Å². The lowest BCUT2D eigenvalue weighted by Crippen LogP contribution is -2.27. The number of nitrogens with one attached hydrogen (secondary N) is 1. The van der Waals surface area contributed by atoms with E-state index in [4.69, 9.17) is 15.2 Å². The van der Waals surface area contributed by atoms with E-state index in [2.05, 4.69) is 24.1 Å². The normalized spacial score (nSPS) is 12.1. The zero-order chi connectivity index (χ0) is 19.8. The van der Waals surface area contributed by atoms with Crippen LogP contribution in [0.15, 0.2) is 23.6 Å². The van der Waals surface area contributed by atoms with Gasteiger partial charge in [-0.1, -0.05) is 19.9 Å². The monoisotopic (exact) mass is 391 g/mol. The number of rotatable bonds is 10. The Kier molecular flexibility index (Phi) is 8.06. The Morgan fingerprint density at radius 1 is 1.30 bits per heavy atom. The van der Waals surface area contributed by atoms with Gasteiger partial charge in [-0.2, -0.15) is 0 Å². The Morgan fingerprint density at radius 2 is 2.07 bits per heavy atom. The van der Waals surface area contributed by atoms with Gasteiger partial charge >= 0.3 is 0 Å². The average molecular weight is 392 g/mol. The predicted octanol–water partition coefficient (Wildman–Crippen LogP) is 3.57. The van der Waals surface area contributed by atoms with Crippen molar-refractivity contribution in [1.82, 2.24) is 10.3 Å². The molecular weight excluding hydrogens is 362 g/mol. The standard InChI is InChI=1S/C20H29N3O3S/c1-13(2)8-10-26-17-6-5-15(11-18(17)25-4)14(3)22-20(24)16-12-27-19(23-16)7-9-21/h5-6,11-14H,7-10,21H2,1-4H3,(H,22,24). The number of carbonyl (C=O) groups excluding carboxylic acids is 1. The summed E-state index contributed by atoms with van der Waals surface area (Å²) in [5.74, 6) is 1.77. The maximum atomic E-state index is 12.4. The third kappa shape index (κ3) is 6.22. The molecule has 0 bridgehead atoms. The van der Waals surface area contributed by atoms with Crippen molar-refractivity contribution < 1.29 is 14.3 Å². The van der Waals surface area contributed by atoms with Crippen molar-refractivity contribution in [2.45, 2.75) is 39.7 Å². The van der Waals surface area contributed by atoms with Crippen LogP contribution in [-0.2, 0) is 6.42 Å². The van der Waals surface area contributed by atoms with E-state index in [9.17, 15) is 4.79 Å². The van der Waals surface area contributed by atoms with E-state index in [1.807, 2.05) is 25.1 Å². The fourth-order valence-electron chi connectivity index (χ4n) is 2.48. The molecule has 0 radical (unpaired) electrons. The van der Waals surface area contributed by atoms with Crippen molar-refractivity contribution in [3.05, 3.63) is 39.8 Å². The van der Waals surface area contributed by atoms with E-state index in [0.717, 1.165) is 17.0 Å². The molecule has 7 heteroatoms. The molecule has 1 atom stereocenters. The molecule has 0 aliphatic rings. The maximum Gasteiger partial charge on any atom is 0.271 e. The van der Waals surface area contributed by atoms with Gasteiger partial charge in [0.2, 0.25) is 0 Å². The average Bonchev–Trinajstić information content (AvgIpc) is 3.10. The van der Waals surface area contributed by atoms with Crippen LogP contribution >= 0.6 is 11.3 Å². The van der Waals surface area contributed by atoms with E-state index in [0.29, 0.717) is 42.7 Å². The summed E-state index contributed by atoms with van der Waals surface area (Å²) in [6.07, 6.45) is 1.67. The first-order chi connectivity index (χ1) is 12.9. The quantitative estimate of drug-likeness (QED) is 0.647. The highest BCUT2D eigenvalue weighted by Crippen LogP contribution is 2.30. The largest absolute Gasteiger partial charge is 0.493 e. The smallest absolute Gasteiger partial charge is 0.271 e. The molecule has 0 fully saturated rings. The highest BCUT2D eigenvalue weighted by Gasteiger charge is 2.16. The van der Waals surface area contributed by atoms with Gasteiger partial charge in [-0.15, -0.1) is 11.3 Å². The number of methoxy groups -OCH3 is 1. The van der Waals surface area contributed by atoms with Gasteiger partial charge in [0.05, 0.1) is 24.8 Å². The number of hydrogen-bond donors (Lipinski definition) is 2. The summed E-state index contributed by atoms with van der Waals surface area (Å²) in [4.78, 5) is 16.7. The number of amides is 1. The first kappa shape index (κ1) is 21.2. The Balaban J connectivity index is 2.02. The molecule has 0 spiro atoms. The lowest BCUT2D eigenvalue weighted by molar-refractivity contribution is 0.0935. The Labute approximate surface area is 165 Å². The molecular formula is C20H29N3O3S. The lowest BCUT2D eigenvalue weighted by atomic mass is 10.1. The van der Waals surface area contributed by atoms with Gasteiger partial charge in [0.25, 0.3) is 5.91 Å². The number of thiazole rings is 1. The molecule has 3 N–H and O–H groups in total. The van der Waals surface area contributed by atoms with E-state index in [1.54, 1.807) is 12.5 Å². The van der Waals surface area contributed by atoms with Crippen molar-refractivity contribution in [1.29, 1.82) is 0 Å². The van der Waals surface area contributed by atoms with E-state index >= 15 is 0 Å². The van der Waals surface area contributed by atoms with E-state index in [1.165, 1.54) is 11.3 Å². The highest BCUT2D eigenvalue weighted by molar-refractivity contribution is 7.09. The molecule has 0 saturated heterocycles. The van der Waals surface area contributed by atoms with E-state index < -0.39 is 0 Å². The predicted molar refractivity (Wildman–Crippen MR) is 109 cm³/mol. The van der Waals surface area contributed by atoms with E-state index in [-0.39, 0.29) is 11.9 Å². The molecule has 1 heterocycles. The molecule has 1 aromatic carbocycles. The fourth-order valence-corrected chi connectivity index (χ4v) is 3.28. The summed E-state index contributed by atoms with van der Waals surface area (Å²) in [6.45, 7) is 7.43. The van der Waals surface area contributed by atoms with Crippen molar-refractivity contribution in [2.75, 3.05) is 20.3 Å². The van der Waals surface area contributed by atoms with Crippen molar-refractivity contribution in [3.63, 3.8) is 0 Å². The summed E-state index contributed by atoms with van der Waals surface area (Å²) < 4.78 is 11.3. The Morgan fingerprint density at radius 3 is 2.74 bits per heavy atom. The number of ether oxygens (including phenoxy) is 2. The Hall–Kier alpha value is -2.12. The molecule has 0 aliphatic heterocycles. The number of hydrogen-bond acceptors (Lipinski definition) is 6. The number of aromatic nitrogens is 1. The third-order valence-electron chi connectivity index (χ3n) is 4.13. The Bertz CT molecular complexity index is 746. The molecule has 27 heavy (non-hydrogen) atoms. The first-order valence-electron chi connectivity index (χ1n) is 9.20. The van der Waals surface area contributed by atoms with Crippen LogP contribution in [0, 0.1) is 5.92 Å². The molecule has 1 amide bonds. The zero-order valence-electron chi connectivity index (χ0n) is 16.5. The van der Waals surface area contributed by atoms with Crippen LogP contribution in [0.5, 0.6) is 11.5 Å². The van der Waals surface area contributed by atoms with Crippen molar-refractivity contribution in [2.24, 2.45) is 11.7 Å². The molecule has 2 aromatic rings. The van der Waals surface area contributed by atoms with Crippen LogP contribution < -0.4 is 20.5 Å². The summed E-state index contributed by atoms with van der Waals surface area (Å²) in [5.41, 5.74) is 6.90. The molecule has 2 rings (SSSR count).